The van der Waals surface area contributed by atoms with Crippen molar-refractivity contribution >= 4 is 17.8 Å². The standard InChI is InChI=1S/C20H27N3O4/c1-4-20(15-5-7-16(27-3)8-6-15)18(25)23(19(26)21-20)13-17(24)22-11-9-14(2)10-12-22/h5-8,14H,4,9-13H2,1-3H3,(H,21,26)/t20-/m0/s1. The van der Waals surface area contributed by atoms with Crippen LogP contribution in [0.2, 0.25) is 0 Å². The minimum absolute atomic E-state index is 0.174. The maximum atomic E-state index is 13.1. The molecule has 0 radical (unpaired) electrons. The topological polar surface area (TPSA) is 79.0 Å². The van der Waals surface area contributed by atoms with Crippen molar-refractivity contribution in [2.45, 2.75) is 38.6 Å². The van der Waals surface area contributed by atoms with E-state index < -0.39 is 11.6 Å². The summed E-state index contributed by atoms with van der Waals surface area (Å²) in [6.07, 6.45) is 2.31. The molecule has 7 nitrogen and oxygen atoms in total. The molecule has 7 heteroatoms. The molecule has 0 aromatic heterocycles. The van der Waals surface area contributed by atoms with Gasteiger partial charge < -0.3 is 15.0 Å². The van der Waals surface area contributed by atoms with Crippen molar-refractivity contribution in [1.82, 2.24) is 15.1 Å². The van der Waals surface area contributed by atoms with Crippen LogP contribution in [0.4, 0.5) is 4.79 Å². The Hall–Kier alpha value is -2.57. The molecule has 27 heavy (non-hydrogen) atoms. The Morgan fingerprint density at radius 2 is 1.85 bits per heavy atom. The first-order valence-corrected chi connectivity index (χ1v) is 9.47. The van der Waals surface area contributed by atoms with Crippen molar-refractivity contribution in [3.05, 3.63) is 29.8 Å². The summed E-state index contributed by atoms with van der Waals surface area (Å²) in [7, 11) is 1.57. The Balaban J connectivity index is 1.77. The number of methoxy groups -OCH3 is 1. The zero-order valence-corrected chi connectivity index (χ0v) is 16.2. The van der Waals surface area contributed by atoms with E-state index in [1.165, 1.54) is 0 Å². The number of likely N-dealkylation sites (tertiary alicyclic amines) is 1. The van der Waals surface area contributed by atoms with Gasteiger partial charge in [-0.1, -0.05) is 26.0 Å². The largest absolute Gasteiger partial charge is 0.497 e. The molecule has 0 spiro atoms. The fourth-order valence-electron chi connectivity index (χ4n) is 3.78. The van der Waals surface area contributed by atoms with E-state index in [-0.39, 0.29) is 18.4 Å². The maximum Gasteiger partial charge on any atom is 0.325 e. The van der Waals surface area contributed by atoms with Gasteiger partial charge in [-0.2, -0.15) is 0 Å². The smallest absolute Gasteiger partial charge is 0.325 e. The average Bonchev–Trinajstić information content (AvgIpc) is 2.93. The number of nitrogens with one attached hydrogen (secondary N) is 1. The van der Waals surface area contributed by atoms with Crippen LogP contribution in [0.15, 0.2) is 24.3 Å². The van der Waals surface area contributed by atoms with Crippen LogP contribution >= 0.6 is 0 Å². The van der Waals surface area contributed by atoms with Gasteiger partial charge in [-0.15, -0.1) is 0 Å². The Labute approximate surface area is 159 Å². The van der Waals surface area contributed by atoms with Crippen molar-refractivity contribution in [3.63, 3.8) is 0 Å². The van der Waals surface area contributed by atoms with Crippen LogP contribution in [0.1, 0.15) is 38.7 Å². The molecule has 0 unspecified atom stereocenters. The number of amides is 4. The number of carbonyl (C=O) groups excluding carboxylic acids is 3. The summed E-state index contributed by atoms with van der Waals surface area (Å²) in [5.74, 6) is 0.729. The second-order valence-electron chi connectivity index (χ2n) is 7.37. The first-order valence-electron chi connectivity index (χ1n) is 9.47. The second kappa shape index (κ2) is 7.58. The number of carbonyl (C=O) groups is 3. The lowest BCUT2D eigenvalue weighted by molar-refractivity contribution is -0.140. The number of rotatable bonds is 5. The molecular weight excluding hydrogens is 346 g/mol. The highest BCUT2D eigenvalue weighted by atomic mass is 16.5. The number of benzene rings is 1. The lowest BCUT2D eigenvalue weighted by atomic mass is 9.87. The molecule has 146 valence electrons. The minimum atomic E-state index is -1.14. The third-order valence-corrected chi connectivity index (χ3v) is 5.72. The fraction of sp³-hybridized carbons (Fsp3) is 0.550. The third kappa shape index (κ3) is 3.50. The number of nitrogens with zero attached hydrogens (tertiary/aromatic N) is 2. The van der Waals surface area contributed by atoms with Crippen molar-refractivity contribution in [3.8, 4) is 5.75 Å². The van der Waals surface area contributed by atoms with E-state index in [9.17, 15) is 14.4 Å². The van der Waals surface area contributed by atoms with E-state index in [0.29, 0.717) is 36.7 Å². The SMILES string of the molecule is CC[C@@]1(c2ccc(OC)cc2)NC(=O)N(CC(=O)N2CCC(C)CC2)C1=O. The van der Waals surface area contributed by atoms with Gasteiger partial charge in [0.1, 0.15) is 17.8 Å². The molecule has 0 aliphatic carbocycles. The van der Waals surface area contributed by atoms with Crippen LogP contribution < -0.4 is 10.1 Å². The molecule has 2 aliphatic heterocycles. The van der Waals surface area contributed by atoms with E-state index in [4.69, 9.17) is 4.74 Å². The Bertz CT molecular complexity index is 725. The highest BCUT2D eigenvalue weighted by Gasteiger charge is 2.51. The minimum Gasteiger partial charge on any atom is -0.497 e. The molecule has 0 saturated carbocycles. The normalized spacial score (nSPS) is 23.5. The predicted molar refractivity (Wildman–Crippen MR) is 100 cm³/mol. The van der Waals surface area contributed by atoms with E-state index in [1.807, 2.05) is 6.92 Å². The molecule has 1 atom stereocenters. The second-order valence-corrected chi connectivity index (χ2v) is 7.37. The van der Waals surface area contributed by atoms with E-state index in [1.54, 1.807) is 36.3 Å². The van der Waals surface area contributed by atoms with Crippen molar-refractivity contribution in [2.24, 2.45) is 5.92 Å². The molecule has 2 aliphatic rings. The van der Waals surface area contributed by atoms with E-state index >= 15 is 0 Å². The van der Waals surface area contributed by atoms with Gasteiger partial charge in [0.2, 0.25) is 5.91 Å². The summed E-state index contributed by atoms with van der Waals surface area (Å²) >= 11 is 0. The van der Waals surface area contributed by atoms with E-state index in [0.717, 1.165) is 17.7 Å². The van der Waals surface area contributed by atoms with Gasteiger partial charge >= 0.3 is 6.03 Å². The summed E-state index contributed by atoms with van der Waals surface area (Å²) in [5.41, 5.74) is -0.453. The van der Waals surface area contributed by atoms with Gasteiger partial charge in [0.15, 0.2) is 0 Å². The molecule has 2 saturated heterocycles. The fourth-order valence-corrected chi connectivity index (χ4v) is 3.78. The third-order valence-electron chi connectivity index (χ3n) is 5.72. The van der Waals surface area contributed by atoms with Gasteiger partial charge in [0.25, 0.3) is 5.91 Å². The average molecular weight is 373 g/mol. The number of imide groups is 1. The summed E-state index contributed by atoms with van der Waals surface area (Å²) in [5, 5.41) is 2.81. The monoisotopic (exact) mass is 373 g/mol. The molecule has 4 amide bonds. The molecule has 2 fully saturated rings. The lowest BCUT2D eigenvalue weighted by Crippen LogP contribution is -2.47. The quantitative estimate of drug-likeness (QED) is 0.802. The van der Waals surface area contributed by atoms with E-state index in [2.05, 4.69) is 12.2 Å². The first-order chi connectivity index (χ1) is 12.9. The van der Waals surface area contributed by atoms with Gasteiger partial charge in [-0.3, -0.25) is 14.5 Å². The van der Waals surface area contributed by atoms with Crippen molar-refractivity contribution < 1.29 is 19.1 Å². The first kappa shape index (κ1) is 19.2. The van der Waals surface area contributed by atoms with Gasteiger partial charge in [0, 0.05) is 13.1 Å². The molecule has 1 aromatic carbocycles. The van der Waals surface area contributed by atoms with Crippen molar-refractivity contribution in [2.75, 3.05) is 26.7 Å². The Morgan fingerprint density at radius 1 is 1.22 bits per heavy atom. The van der Waals surface area contributed by atoms with Gasteiger partial charge in [-0.25, -0.2) is 4.79 Å². The Kier molecular flexibility index (Phi) is 5.39. The van der Waals surface area contributed by atoms with Crippen LogP contribution in [0.5, 0.6) is 5.75 Å². The molecule has 2 heterocycles. The van der Waals surface area contributed by atoms with Crippen LogP contribution in [-0.4, -0.2) is 54.4 Å². The summed E-state index contributed by atoms with van der Waals surface area (Å²) < 4.78 is 5.16. The summed E-state index contributed by atoms with van der Waals surface area (Å²) in [6, 6.07) is 6.55. The zero-order chi connectivity index (χ0) is 19.6. The molecule has 1 aromatic rings. The summed E-state index contributed by atoms with van der Waals surface area (Å²) in [4.78, 5) is 41.1. The Morgan fingerprint density at radius 3 is 2.41 bits per heavy atom. The maximum absolute atomic E-state index is 13.1. The number of hydrogen-bond donors (Lipinski definition) is 1. The van der Waals surface area contributed by atoms with Crippen LogP contribution in [0, 0.1) is 5.92 Å². The number of hydrogen-bond acceptors (Lipinski definition) is 4. The molecule has 3 rings (SSSR count). The molecule has 1 N–H and O–H groups in total. The summed E-state index contributed by atoms with van der Waals surface area (Å²) in [6.45, 7) is 5.17. The van der Waals surface area contributed by atoms with Gasteiger partial charge in [0.05, 0.1) is 7.11 Å². The van der Waals surface area contributed by atoms with Crippen molar-refractivity contribution in [1.29, 1.82) is 0 Å². The molecular formula is C20H27N3O4. The molecule has 0 bridgehead atoms. The van der Waals surface area contributed by atoms with Gasteiger partial charge in [-0.05, 0) is 42.9 Å². The predicted octanol–water partition coefficient (Wildman–Crippen LogP) is 2.11. The highest BCUT2D eigenvalue weighted by molar-refractivity contribution is 6.09. The number of piperidine rings is 1. The zero-order valence-electron chi connectivity index (χ0n) is 16.2. The highest BCUT2D eigenvalue weighted by Crippen LogP contribution is 2.33. The van der Waals surface area contributed by atoms with Crippen LogP contribution in [-0.2, 0) is 15.1 Å². The van der Waals surface area contributed by atoms with Crippen LogP contribution in [0.3, 0.4) is 0 Å². The number of urea groups is 1. The van der Waals surface area contributed by atoms with Crippen LogP contribution in [0.25, 0.3) is 0 Å². The lowest BCUT2D eigenvalue weighted by Gasteiger charge is -2.31. The number of ether oxygens (including phenoxy) is 1.